The highest BCUT2D eigenvalue weighted by Crippen LogP contribution is 1.97. The van der Waals surface area contributed by atoms with Crippen LogP contribution in [0.2, 0.25) is 0 Å². The lowest BCUT2D eigenvalue weighted by Gasteiger charge is -2.19. The summed E-state index contributed by atoms with van der Waals surface area (Å²) >= 11 is 0. The monoisotopic (exact) mass is 157 g/mol. The Morgan fingerprint density at radius 3 is 1.30 bits per heavy atom. The van der Waals surface area contributed by atoms with E-state index < -0.39 is 31.5 Å². The molecule has 0 aliphatic heterocycles. The number of aliphatic hydroxyl groups excluding tert-OH is 5. The highest BCUT2D eigenvalue weighted by molar-refractivity contribution is 4.73. The second-order valence-corrected chi connectivity index (χ2v) is 1.99. The molecule has 0 spiro atoms. The van der Waals surface area contributed by atoms with Crippen LogP contribution >= 0.6 is 0 Å². The van der Waals surface area contributed by atoms with E-state index in [1.54, 1.807) is 0 Å². The van der Waals surface area contributed by atoms with E-state index in [9.17, 15) is 0 Å². The average molecular weight is 157 g/mol. The van der Waals surface area contributed by atoms with Gasteiger partial charge in [0.2, 0.25) is 0 Å². The number of rotatable bonds is 4. The molecule has 0 aromatic rings. The third kappa shape index (κ3) is 2.59. The van der Waals surface area contributed by atoms with E-state index in [4.69, 9.17) is 25.5 Å². The molecule has 0 saturated carbocycles. The van der Waals surface area contributed by atoms with Crippen LogP contribution in [0.1, 0.15) is 0 Å². The molecule has 0 amide bonds. The molecule has 0 rings (SSSR count). The van der Waals surface area contributed by atoms with Crippen LogP contribution in [0.5, 0.6) is 0 Å². The molecule has 0 aliphatic rings. The lowest BCUT2D eigenvalue weighted by molar-refractivity contribution is -0.0900. The molecule has 0 aromatic carbocycles. The van der Waals surface area contributed by atoms with E-state index in [2.05, 4.69) is 0 Å². The highest BCUT2D eigenvalue weighted by atomic mass is 16.6. The summed E-state index contributed by atoms with van der Waals surface area (Å²) in [4.78, 5) is 0. The fourth-order valence-corrected chi connectivity index (χ4v) is 0.472. The summed E-state index contributed by atoms with van der Waals surface area (Å²) in [5, 5.41) is 42.6. The van der Waals surface area contributed by atoms with Gasteiger partial charge in [-0.3, -0.25) is 0 Å². The summed E-state index contributed by atoms with van der Waals surface area (Å²) in [5.41, 5.74) is 0. The third-order valence-electron chi connectivity index (χ3n) is 1.16. The molecule has 5 N–H and O–H groups in total. The maximum atomic E-state index is 8.77. The van der Waals surface area contributed by atoms with E-state index in [-0.39, 0.29) is 0 Å². The smallest absolute Gasteiger partial charge is 0.110 e. The molecule has 0 saturated heterocycles. The van der Waals surface area contributed by atoms with Crippen LogP contribution in [0.3, 0.4) is 0 Å². The fraction of sp³-hybridized carbons (Fsp3) is 1.00. The van der Waals surface area contributed by atoms with E-state index in [1.807, 2.05) is 0 Å². The molecule has 0 radical (unpaired) electrons. The normalized spacial score (nSPS) is 20.1. The molecular weight excluding hydrogens is 145 g/mol. The van der Waals surface area contributed by atoms with Gasteiger partial charge in [0.1, 0.15) is 18.3 Å². The minimum atomic E-state index is -1.49. The summed E-state index contributed by atoms with van der Waals surface area (Å²) in [6, 6.07) is 0. The predicted molar refractivity (Wildman–Crippen MR) is 32.2 cm³/mol. The standard InChI is InChI=1S/C5H12O5/c6-1-3(8)5(10)4(9)2-7/h3-10H,1-2H2/t3-,4+,5?/i1+1,2+1,3+1,4+1,5+1. The topological polar surface area (TPSA) is 101 Å². The van der Waals surface area contributed by atoms with Gasteiger partial charge in [-0.05, 0) is 0 Å². The second-order valence-electron chi connectivity index (χ2n) is 1.99. The van der Waals surface area contributed by atoms with Gasteiger partial charge in [0.05, 0.1) is 13.2 Å². The summed E-state index contributed by atoms with van der Waals surface area (Å²) in [7, 11) is 0. The molecular formula is C5H12O5. The van der Waals surface area contributed by atoms with Crippen LogP contribution in [0, 0.1) is 0 Å². The largest absolute Gasteiger partial charge is 0.394 e. The predicted octanol–water partition coefficient (Wildman–Crippen LogP) is -2.95. The Hall–Kier alpha value is -0.200. The molecule has 3 atom stereocenters. The average Bonchev–Trinajstić information content (AvgIpc) is 2.00. The molecule has 1 unspecified atom stereocenters. The Morgan fingerprint density at radius 2 is 1.10 bits per heavy atom. The van der Waals surface area contributed by atoms with Crippen molar-refractivity contribution in [1.82, 2.24) is 0 Å². The van der Waals surface area contributed by atoms with Crippen molar-refractivity contribution in [3.05, 3.63) is 0 Å². The van der Waals surface area contributed by atoms with Gasteiger partial charge in [-0.2, -0.15) is 0 Å². The molecule has 0 bridgehead atoms. The van der Waals surface area contributed by atoms with Crippen LogP contribution < -0.4 is 0 Å². The minimum Gasteiger partial charge on any atom is -0.394 e. The Balaban J connectivity index is 3.69. The van der Waals surface area contributed by atoms with Gasteiger partial charge in [0, 0.05) is 0 Å². The molecule has 0 aromatic heterocycles. The first-order valence-electron chi connectivity index (χ1n) is 2.89. The lowest BCUT2D eigenvalue weighted by Crippen LogP contribution is -2.41. The summed E-state index contributed by atoms with van der Waals surface area (Å²) in [5.74, 6) is 0. The van der Waals surface area contributed by atoms with Crippen LogP contribution in [-0.4, -0.2) is 57.1 Å². The zero-order chi connectivity index (χ0) is 8.15. The Morgan fingerprint density at radius 1 is 0.800 bits per heavy atom. The molecule has 0 fully saturated rings. The minimum absolute atomic E-state index is 0.641. The Bertz CT molecular complexity index is 76.1. The van der Waals surface area contributed by atoms with Crippen LogP contribution in [0.4, 0.5) is 0 Å². The van der Waals surface area contributed by atoms with Gasteiger partial charge in [-0.1, -0.05) is 0 Å². The summed E-state index contributed by atoms with van der Waals surface area (Å²) in [6.07, 6.45) is -4.29. The number of aliphatic hydroxyl groups is 5. The SMILES string of the molecule is O[13CH2][13C@@H](O)[13CH](O)[13C@@H](O)[13CH2]O. The molecule has 0 heterocycles. The van der Waals surface area contributed by atoms with Crippen LogP contribution in [-0.2, 0) is 0 Å². The molecule has 5 heteroatoms. The first-order valence-corrected chi connectivity index (χ1v) is 2.89. The van der Waals surface area contributed by atoms with Gasteiger partial charge in [0.25, 0.3) is 0 Å². The summed E-state index contributed by atoms with van der Waals surface area (Å²) in [6.45, 7) is -1.28. The number of hydrogen-bond acceptors (Lipinski definition) is 5. The van der Waals surface area contributed by atoms with E-state index >= 15 is 0 Å². The van der Waals surface area contributed by atoms with Crippen LogP contribution in [0.25, 0.3) is 0 Å². The highest BCUT2D eigenvalue weighted by Gasteiger charge is 2.22. The maximum Gasteiger partial charge on any atom is 0.110 e. The maximum absolute atomic E-state index is 8.77. The lowest BCUT2D eigenvalue weighted by atomic mass is 11.1. The van der Waals surface area contributed by atoms with E-state index in [1.165, 1.54) is 0 Å². The van der Waals surface area contributed by atoms with E-state index in [0.717, 1.165) is 0 Å². The van der Waals surface area contributed by atoms with Crippen molar-refractivity contribution >= 4 is 0 Å². The van der Waals surface area contributed by atoms with E-state index in [0.29, 0.717) is 0 Å². The van der Waals surface area contributed by atoms with Gasteiger partial charge >= 0.3 is 0 Å². The van der Waals surface area contributed by atoms with Gasteiger partial charge in [-0.15, -0.1) is 0 Å². The fourth-order valence-electron chi connectivity index (χ4n) is 0.472. The zero-order valence-electron chi connectivity index (χ0n) is 5.38. The van der Waals surface area contributed by atoms with Gasteiger partial charge in [0.15, 0.2) is 0 Å². The molecule has 10 heavy (non-hydrogen) atoms. The van der Waals surface area contributed by atoms with Crippen molar-refractivity contribution in [1.29, 1.82) is 0 Å². The first-order chi connectivity index (χ1) is 4.63. The van der Waals surface area contributed by atoms with Crippen molar-refractivity contribution < 1.29 is 25.5 Å². The Kier molecular flexibility index (Phi) is 4.50. The third-order valence-corrected chi connectivity index (χ3v) is 1.16. The van der Waals surface area contributed by atoms with Gasteiger partial charge in [-0.25, -0.2) is 0 Å². The van der Waals surface area contributed by atoms with Crippen LogP contribution in [0.15, 0.2) is 0 Å². The molecule has 0 aliphatic carbocycles. The molecule has 5 nitrogen and oxygen atoms in total. The zero-order valence-corrected chi connectivity index (χ0v) is 5.38. The van der Waals surface area contributed by atoms with Crippen molar-refractivity contribution in [2.24, 2.45) is 0 Å². The van der Waals surface area contributed by atoms with Crippen molar-refractivity contribution in [3.63, 3.8) is 0 Å². The quantitative estimate of drug-likeness (QED) is 0.281. The molecule has 62 valence electrons. The van der Waals surface area contributed by atoms with Crippen molar-refractivity contribution in [3.8, 4) is 0 Å². The van der Waals surface area contributed by atoms with Gasteiger partial charge < -0.3 is 25.5 Å². The second kappa shape index (κ2) is 4.59. The first kappa shape index (κ1) is 9.80. The Labute approximate surface area is 58.2 Å². The number of hydrogen-bond donors (Lipinski definition) is 5. The summed E-state index contributed by atoms with van der Waals surface area (Å²) < 4.78 is 0. The van der Waals surface area contributed by atoms with Crippen molar-refractivity contribution in [2.45, 2.75) is 18.3 Å². The van der Waals surface area contributed by atoms with Crippen molar-refractivity contribution in [2.75, 3.05) is 13.2 Å².